The molecule has 0 spiro atoms. The van der Waals surface area contributed by atoms with Gasteiger partial charge in [0.05, 0.1) is 16.7 Å². The van der Waals surface area contributed by atoms with E-state index in [2.05, 4.69) is 46.7 Å². The first-order valence-electron chi connectivity index (χ1n) is 9.40. The summed E-state index contributed by atoms with van der Waals surface area (Å²) in [5.74, 6) is 2.01. The van der Waals surface area contributed by atoms with Crippen molar-refractivity contribution in [2.45, 2.75) is 19.9 Å². The molecule has 4 aromatic rings. The van der Waals surface area contributed by atoms with Crippen LogP contribution in [0.4, 0.5) is 11.6 Å². The van der Waals surface area contributed by atoms with Crippen molar-refractivity contribution in [3.05, 3.63) is 77.0 Å². The number of pyridine rings is 1. The third-order valence-electron chi connectivity index (χ3n) is 4.72. The van der Waals surface area contributed by atoms with Gasteiger partial charge in [0.25, 0.3) is 0 Å². The second-order valence-corrected chi connectivity index (χ2v) is 6.69. The lowest BCUT2D eigenvalue weighted by Gasteiger charge is -2.07. The lowest BCUT2D eigenvalue weighted by molar-refractivity contribution is 0.481. The summed E-state index contributed by atoms with van der Waals surface area (Å²) in [7, 11) is 1.97. The molecule has 7 nitrogen and oxygen atoms in total. The van der Waals surface area contributed by atoms with Crippen LogP contribution in [0, 0.1) is 4.91 Å². The molecule has 0 aliphatic rings. The van der Waals surface area contributed by atoms with Crippen molar-refractivity contribution >= 4 is 22.7 Å². The van der Waals surface area contributed by atoms with E-state index in [1.807, 2.05) is 29.8 Å². The Balaban J connectivity index is 1.57. The molecule has 0 amide bonds. The van der Waals surface area contributed by atoms with E-state index in [0.717, 1.165) is 29.1 Å². The van der Waals surface area contributed by atoms with Gasteiger partial charge in [0.2, 0.25) is 5.95 Å². The number of nitrogens with one attached hydrogen (secondary N) is 1. The zero-order valence-corrected chi connectivity index (χ0v) is 16.3. The molecule has 0 atom stereocenters. The fraction of sp³-hybridized carbons (Fsp3) is 0.182. The third-order valence-corrected chi connectivity index (χ3v) is 4.72. The Kier molecular flexibility index (Phi) is 5.20. The van der Waals surface area contributed by atoms with Gasteiger partial charge in [0.1, 0.15) is 18.0 Å². The largest absolute Gasteiger partial charge is 0.457 e. The number of ether oxygens (including phenoxy) is 1. The van der Waals surface area contributed by atoms with Crippen molar-refractivity contribution in [3.8, 4) is 11.5 Å². The van der Waals surface area contributed by atoms with Gasteiger partial charge in [-0.3, -0.25) is 4.98 Å². The summed E-state index contributed by atoms with van der Waals surface area (Å²) in [5, 5.41) is 6.23. The third kappa shape index (κ3) is 4.08. The molecule has 0 unspecified atom stereocenters. The van der Waals surface area contributed by atoms with Crippen LogP contribution in [0.2, 0.25) is 0 Å². The van der Waals surface area contributed by atoms with Gasteiger partial charge in [-0.1, -0.05) is 24.2 Å². The van der Waals surface area contributed by atoms with Crippen LogP contribution in [0.15, 0.2) is 66.0 Å². The van der Waals surface area contributed by atoms with E-state index >= 15 is 0 Å². The summed E-state index contributed by atoms with van der Waals surface area (Å²) >= 11 is 0. The Morgan fingerprint density at radius 1 is 1.07 bits per heavy atom. The highest BCUT2D eigenvalue weighted by atomic mass is 16.5. The smallest absolute Gasteiger partial charge is 0.208 e. The standard InChI is InChI=1S/C22H21N5O2/c1-3-15-4-6-16(7-5-15)25-22-26-20-13-18(8-9-21(20)27(22)2)29-19-10-11-23-17(12-19)14-24-28/h4-13H,3,14H2,1-2H3,(H,25,26). The Bertz CT molecular complexity index is 1150. The number of fused-ring (bicyclic) bond motifs is 1. The van der Waals surface area contributed by atoms with Gasteiger partial charge in [0, 0.05) is 31.1 Å². The van der Waals surface area contributed by atoms with Gasteiger partial charge < -0.3 is 14.6 Å². The van der Waals surface area contributed by atoms with E-state index in [9.17, 15) is 4.91 Å². The quantitative estimate of drug-likeness (QED) is 0.433. The van der Waals surface area contributed by atoms with Crippen molar-refractivity contribution in [3.63, 3.8) is 0 Å². The maximum atomic E-state index is 10.4. The van der Waals surface area contributed by atoms with Crippen LogP contribution in [0.1, 0.15) is 18.2 Å². The van der Waals surface area contributed by atoms with Crippen molar-refractivity contribution < 1.29 is 4.74 Å². The monoisotopic (exact) mass is 387 g/mol. The first-order valence-corrected chi connectivity index (χ1v) is 9.40. The number of hydrogen-bond donors (Lipinski definition) is 1. The number of anilines is 2. The lowest BCUT2D eigenvalue weighted by atomic mass is 10.1. The van der Waals surface area contributed by atoms with Gasteiger partial charge in [-0.25, -0.2) is 4.98 Å². The van der Waals surface area contributed by atoms with Gasteiger partial charge in [-0.2, -0.15) is 4.91 Å². The molecular weight excluding hydrogens is 366 g/mol. The highest BCUT2D eigenvalue weighted by molar-refractivity contribution is 5.81. The average Bonchev–Trinajstić information content (AvgIpc) is 3.04. The molecule has 1 N–H and O–H groups in total. The second-order valence-electron chi connectivity index (χ2n) is 6.69. The number of hydrogen-bond acceptors (Lipinski definition) is 6. The van der Waals surface area contributed by atoms with Crippen LogP contribution in [0.3, 0.4) is 0 Å². The molecule has 146 valence electrons. The van der Waals surface area contributed by atoms with E-state index in [4.69, 9.17) is 9.72 Å². The number of aromatic nitrogens is 3. The van der Waals surface area contributed by atoms with Gasteiger partial charge in [-0.05, 0) is 42.3 Å². The molecule has 7 heteroatoms. The first-order chi connectivity index (χ1) is 14.2. The zero-order valence-electron chi connectivity index (χ0n) is 16.3. The molecule has 2 aromatic carbocycles. The Morgan fingerprint density at radius 2 is 1.86 bits per heavy atom. The highest BCUT2D eigenvalue weighted by Crippen LogP contribution is 2.28. The number of imidazole rings is 1. The molecule has 0 bridgehead atoms. The molecule has 0 saturated heterocycles. The predicted octanol–water partition coefficient (Wildman–Crippen LogP) is 5.33. The summed E-state index contributed by atoms with van der Waals surface area (Å²) in [6, 6.07) is 17.5. The number of rotatable bonds is 7. The minimum atomic E-state index is 0.0186. The maximum Gasteiger partial charge on any atom is 0.208 e. The van der Waals surface area contributed by atoms with E-state index in [1.54, 1.807) is 18.3 Å². The molecule has 0 fully saturated rings. The zero-order chi connectivity index (χ0) is 20.2. The van der Waals surface area contributed by atoms with Crippen LogP contribution in [0.25, 0.3) is 11.0 Å². The lowest BCUT2D eigenvalue weighted by Crippen LogP contribution is -1.99. The normalized spacial score (nSPS) is 10.8. The Hall–Kier alpha value is -3.74. The molecule has 29 heavy (non-hydrogen) atoms. The number of aryl methyl sites for hydroxylation is 2. The summed E-state index contributed by atoms with van der Waals surface area (Å²) in [6.07, 6.45) is 2.61. The minimum absolute atomic E-state index is 0.0186. The Morgan fingerprint density at radius 3 is 2.62 bits per heavy atom. The van der Waals surface area contributed by atoms with Crippen LogP contribution >= 0.6 is 0 Å². The number of nitrogens with zero attached hydrogens (tertiary/aromatic N) is 4. The van der Waals surface area contributed by atoms with E-state index in [1.165, 1.54) is 5.56 Å². The fourth-order valence-electron chi connectivity index (χ4n) is 3.12. The van der Waals surface area contributed by atoms with E-state index in [0.29, 0.717) is 17.2 Å². The molecule has 0 aliphatic heterocycles. The van der Waals surface area contributed by atoms with Crippen molar-refractivity contribution in [1.82, 2.24) is 14.5 Å². The molecule has 0 aliphatic carbocycles. The Labute approximate surface area is 168 Å². The average molecular weight is 387 g/mol. The summed E-state index contributed by atoms with van der Waals surface area (Å²) in [6.45, 7) is 2.16. The van der Waals surface area contributed by atoms with Crippen molar-refractivity contribution in [1.29, 1.82) is 0 Å². The second kappa shape index (κ2) is 8.10. The molecule has 0 saturated carbocycles. The fourth-order valence-corrected chi connectivity index (χ4v) is 3.12. The van der Waals surface area contributed by atoms with Gasteiger partial charge in [0.15, 0.2) is 0 Å². The van der Waals surface area contributed by atoms with Crippen LogP contribution in [-0.2, 0) is 20.0 Å². The number of nitroso groups, excluding NO2 is 1. The predicted molar refractivity (Wildman–Crippen MR) is 114 cm³/mol. The molecule has 0 radical (unpaired) electrons. The molecule has 2 heterocycles. The maximum absolute atomic E-state index is 10.4. The van der Waals surface area contributed by atoms with E-state index in [-0.39, 0.29) is 6.54 Å². The first kappa shape index (κ1) is 18.6. The summed E-state index contributed by atoms with van der Waals surface area (Å²) in [4.78, 5) is 19.2. The number of benzene rings is 2. The van der Waals surface area contributed by atoms with Crippen LogP contribution in [-0.4, -0.2) is 14.5 Å². The van der Waals surface area contributed by atoms with Gasteiger partial charge >= 0.3 is 0 Å². The molecular formula is C22H21N5O2. The van der Waals surface area contributed by atoms with Crippen LogP contribution in [0.5, 0.6) is 11.5 Å². The van der Waals surface area contributed by atoms with Crippen LogP contribution < -0.4 is 10.1 Å². The van der Waals surface area contributed by atoms with E-state index < -0.39 is 0 Å². The summed E-state index contributed by atoms with van der Waals surface area (Å²) in [5.41, 5.74) is 4.67. The molecule has 4 rings (SSSR count). The topological polar surface area (TPSA) is 81.4 Å². The highest BCUT2D eigenvalue weighted by Gasteiger charge is 2.10. The molecule has 2 aromatic heterocycles. The summed E-state index contributed by atoms with van der Waals surface area (Å²) < 4.78 is 7.92. The SMILES string of the molecule is CCc1ccc(Nc2nc3cc(Oc4ccnc(CN=O)c4)ccc3n2C)cc1. The van der Waals surface area contributed by atoms with Crippen molar-refractivity contribution in [2.24, 2.45) is 12.2 Å². The van der Waals surface area contributed by atoms with Gasteiger partial charge in [-0.15, -0.1) is 0 Å². The minimum Gasteiger partial charge on any atom is -0.457 e. The van der Waals surface area contributed by atoms with Crippen molar-refractivity contribution in [2.75, 3.05) is 5.32 Å².